The van der Waals surface area contributed by atoms with Crippen molar-refractivity contribution in [1.82, 2.24) is 30.5 Å². The highest BCUT2D eigenvalue weighted by Gasteiger charge is 2.22. The molecular formula is C22H23N7O. The van der Waals surface area contributed by atoms with Crippen LogP contribution in [0.5, 0.6) is 0 Å². The lowest BCUT2D eigenvalue weighted by Gasteiger charge is -2.29. The number of aromatic nitrogens is 5. The highest BCUT2D eigenvalue weighted by molar-refractivity contribution is 5.96. The molecule has 0 atom stereocenters. The third kappa shape index (κ3) is 3.68. The summed E-state index contributed by atoms with van der Waals surface area (Å²) >= 11 is 0. The number of H-pyrrole nitrogens is 1. The van der Waals surface area contributed by atoms with E-state index in [1.807, 2.05) is 30.6 Å². The maximum absolute atomic E-state index is 11.2. The molecular weight excluding hydrogens is 378 g/mol. The molecule has 1 aliphatic rings. The van der Waals surface area contributed by atoms with E-state index in [1.54, 1.807) is 13.1 Å². The summed E-state index contributed by atoms with van der Waals surface area (Å²) in [5.41, 5.74) is 3.83. The van der Waals surface area contributed by atoms with Crippen molar-refractivity contribution in [2.45, 2.75) is 44.7 Å². The number of rotatable bonds is 4. The van der Waals surface area contributed by atoms with E-state index >= 15 is 0 Å². The van der Waals surface area contributed by atoms with Gasteiger partial charge in [0.1, 0.15) is 5.65 Å². The van der Waals surface area contributed by atoms with E-state index in [4.69, 9.17) is 0 Å². The summed E-state index contributed by atoms with van der Waals surface area (Å²) in [4.78, 5) is 23.7. The van der Waals surface area contributed by atoms with Crippen molar-refractivity contribution in [2.75, 3.05) is 5.32 Å². The molecule has 3 N–H and O–H groups in total. The predicted octanol–water partition coefficient (Wildman–Crippen LogP) is 3.43. The molecule has 0 unspecified atom stereocenters. The second-order valence-electron chi connectivity index (χ2n) is 7.86. The standard InChI is InChI=1S/C22H23N7O/c1-13(30)26-16-3-5-17(6-4-16)27-22-24-12-19-18(11-23-21(19)28-22)14-2-7-20-15(10-14)8-9-25-29-20/h2,7-12,16-17H,3-6H2,1H3,(H,26,30)(H2,23,24,27,28). The summed E-state index contributed by atoms with van der Waals surface area (Å²) in [5, 5.41) is 16.6. The summed E-state index contributed by atoms with van der Waals surface area (Å²) in [6.45, 7) is 1.57. The van der Waals surface area contributed by atoms with Crippen molar-refractivity contribution < 1.29 is 4.79 Å². The number of carbonyl (C=O) groups is 1. The van der Waals surface area contributed by atoms with E-state index in [-0.39, 0.29) is 11.9 Å². The monoisotopic (exact) mass is 401 g/mol. The van der Waals surface area contributed by atoms with E-state index in [0.29, 0.717) is 12.0 Å². The van der Waals surface area contributed by atoms with Crippen LogP contribution in [0.4, 0.5) is 5.95 Å². The van der Waals surface area contributed by atoms with E-state index < -0.39 is 0 Å². The lowest BCUT2D eigenvalue weighted by atomic mass is 9.91. The van der Waals surface area contributed by atoms with Gasteiger partial charge in [-0.2, -0.15) is 15.2 Å². The SMILES string of the molecule is CC(=O)NC1CCC(Nc2ncc3c(-c4ccc5nnccc5c4)c[nH]c3n2)CC1. The zero-order chi connectivity index (χ0) is 20.5. The fourth-order valence-electron chi connectivity index (χ4n) is 4.22. The van der Waals surface area contributed by atoms with Crippen LogP contribution < -0.4 is 10.6 Å². The van der Waals surface area contributed by atoms with E-state index in [9.17, 15) is 4.79 Å². The van der Waals surface area contributed by atoms with Crippen molar-refractivity contribution in [2.24, 2.45) is 0 Å². The number of fused-ring (bicyclic) bond motifs is 2. The van der Waals surface area contributed by atoms with E-state index in [2.05, 4.69) is 41.8 Å². The molecule has 152 valence electrons. The molecule has 0 saturated heterocycles. The Morgan fingerprint density at radius 3 is 2.80 bits per heavy atom. The summed E-state index contributed by atoms with van der Waals surface area (Å²) < 4.78 is 0. The number of hydrogen-bond donors (Lipinski definition) is 3. The Kier molecular flexibility index (Phi) is 4.74. The Balaban J connectivity index is 1.33. The van der Waals surface area contributed by atoms with Crippen LogP contribution in [0.1, 0.15) is 32.6 Å². The second-order valence-corrected chi connectivity index (χ2v) is 7.86. The average molecular weight is 401 g/mol. The second kappa shape index (κ2) is 7.70. The number of carbonyl (C=O) groups excluding carboxylic acids is 1. The third-order valence-electron chi connectivity index (χ3n) is 5.72. The van der Waals surface area contributed by atoms with Crippen LogP contribution in [0, 0.1) is 0 Å². The summed E-state index contributed by atoms with van der Waals surface area (Å²) in [6.07, 6.45) is 9.46. The van der Waals surface area contributed by atoms with Crippen LogP contribution >= 0.6 is 0 Å². The molecule has 0 radical (unpaired) electrons. The zero-order valence-corrected chi connectivity index (χ0v) is 16.7. The van der Waals surface area contributed by atoms with Gasteiger partial charge in [0, 0.05) is 47.7 Å². The minimum absolute atomic E-state index is 0.0436. The Morgan fingerprint density at radius 2 is 1.97 bits per heavy atom. The maximum Gasteiger partial charge on any atom is 0.224 e. The number of anilines is 1. The topological polar surface area (TPSA) is 108 Å². The first-order valence-electron chi connectivity index (χ1n) is 10.3. The summed E-state index contributed by atoms with van der Waals surface area (Å²) in [5.74, 6) is 0.676. The lowest BCUT2D eigenvalue weighted by Crippen LogP contribution is -2.39. The molecule has 1 aliphatic carbocycles. The third-order valence-corrected chi connectivity index (χ3v) is 5.72. The number of nitrogens with one attached hydrogen (secondary N) is 3. The first-order chi connectivity index (χ1) is 14.7. The molecule has 0 spiro atoms. The summed E-state index contributed by atoms with van der Waals surface area (Å²) in [7, 11) is 0. The van der Waals surface area contributed by atoms with Gasteiger partial charge in [0.2, 0.25) is 11.9 Å². The van der Waals surface area contributed by atoms with Gasteiger partial charge in [0.15, 0.2) is 0 Å². The van der Waals surface area contributed by atoms with Crippen LogP contribution in [0.15, 0.2) is 42.9 Å². The first-order valence-corrected chi connectivity index (χ1v) is 10.3. The largest absolute Gasteiger partial charge is 0.354 e. The van der Waals surface area contributed by atoms with E-state index in [0.717, 1.165) is 58.7 Å². The van der Waals surface area contributed by atoms with Gasteiger partial charge in [-0.25, -0.2) is 4.98 Å². The molecule has 0 aliphatic heterocycles. The van der Waals surface area contributed by atoms with Crippen LogP contribution in [-0.2, 0) is 4.79 Å². The van der Waals surface area contributed by atoms with Gasteiger partial charge >= 0.3 is 0 Å². The van der Waals surface area contributed by atoms with Crippen molar-refractivity contribution in [3.63, 3.8) is 0 Å². The maximum atomic E-state index is 11.2. The van der Waals surface area contributed by atoms with Crippen LogP contribution in [0.25, 0.3) is 33.1 Å². The Morgan fingerprint density at radius 1 is 1.13 bits per heavy atom. The van der Waals surface area contributed by atoms with Gasteiger partial charge in [0.25, 0.3) is 0 Å². The molecule has 1 fully saturated rings. The molecule has 8 heteroatoms. The van der Waals surface area contributed by atoms with E-state index in [1.165, 1.54) is 0 Å². The number of aromatic amines is 1. The van der Waals surface area contributed by atoms with Gasteiger partial charge in [-0.15, -0.1) is 0 Å². The quantitative estimate of drug-likeness (QED) is 0.483. The van der Waals surface area contributed by atoms with Crippen molar-refractivity contribution in [3.8, 4) is 11.1 Å². The van der Waals surface area contributed by atoms with Gasteiger partial charge < -0.3 is 15.6 Å². The minimum Gasteiger partial charge on any atom is -0.354 e. The van der Waals surface area contributed by atoms with Crippen LogP contribution in [-0.4, -0.2) is 43.1 Å². The highest BCUT2D eigenvalue weighted by atomic mass is 16.1. The Bertz CT molecular complexity index is 1210. The van der Waals surface area contributed by atoms with Crippen molar-refractivity contribution in [1.29, 1.82) is 0 Å². The molecule has 0 bridgehead atoms. The number of benzene rings is 1. The zero-order valence-electron chi connectivity index (χ0n) is 16.7. The summed E-state index contributed by atoms with van der Waals surface area (Å²) in [6, 6.07) is 8.68. The molecule has 4 aromatic rings. The van der Waals surface area contributed by atoms with Crippen LogP contribution in [0.2, 0.25) is 0 Å². The Labute approximate surface area is 173 Å². The lowest BCUT2D eigenvalue weighted by molar-refractivity contribution is -0.119. The fraction of sp³-hybridized carbons (Fsp3) is 0.318. The molecule has 30 heavy (non-hydrogen) atoms. The molecule has 1 saturated carbocycles. The van der Waals surface area contributed by atoms with Gasteiger partial charge in [-0.3, -0.25) is 4.79 Å². The highest BCUT2D eigenvalue weighted by Crippen LogP contribution is 2.30. The first kappa shape index (κ1) is 18.5. The molecule has 3 heterocycles. The molecule has 8 nitrogen and oxygen atoms in total. The number of amides is 1. The molecule has 5 rings (SSSR count). The normalized spacial score (nSPS) is 19.1. The van der Waals surface area contributed by atoms with Gasteiger partial charge in [0.05, 0.1) is 11.7 Å². The fourth-order valence-corrected chi connectivity index (χ4v) is 4.22. The Hall–Kier alpha value is -3.55. The van der Waals surface area contributed by atoms with Crippen molar-refractivity contribution in [3.05, 3.63) is 42.9 Å². The molecule has 3 aromatic heterocycles. The molecule has 1 amide bonds. The number of nitrogens with zero attached hydrogens (tertiary/aromatic N) is 4. The predicted molar refractivity (Wildman–Crippen MR) is 116 cm³/mol. The smallest absolute Gasteiger partial charge is 0.224 e. The average Bonchev–Trinajstić information content (AvgIpc) is 3.18. The van der Waals surface area contributed by atoms with Crippen molar-refractivity contribution >= 4 is 33.8 Å². The minimum atomic E-state index is 0.0436. The van der Waals surface area contributed by atoms with Crippen LogP contribution in [0.3, 0.4) is 0 Å². The number of hydrogen-bond acceptors (Lipinski definition) is 6. The van der Waals surface area contributed by atoms with Gasteiger partial charge in [-0.1, -0.05) is 6.07 Å². The van der Waals surface area contributed by atoms with Gasteiger partial charge in [-0.05, 0) is 49.4 Å². The molecule has 1 aromatic carbocycles.